The summed E-state index contributed by atoms with van der Waals surface area (Å²) in [6.07, 6.45) is 1.17. The Balaban J connectivity index is 1.69. The molecule has 2 amide bonds. The predicted octanol–water partition coefficient (Wildman–Crippen LogP) is -0.650. The van der Waals surface area contributed by atoms with Crippen LogP contribution >= 0.6 is 0 Å². The Kier molecular flexibility index (Phi) is 5.15. The van der Waals surface area contributed by atoms with Crippen molar-refractivity contribution < 1.29 is 14.3 Å². The van der Waals surface area contributed by atoms with E-state index in [2.05, 4.69) is 22.5 Å². The molecule has 0 aromatic rings. The summed E-state index contributed by atoms with van der Waals surface area (Å²) < 4.78 is 5.64. The normalized spacial score (nSPS) is 28.8. The van der Waals surface area contributed by atoms with E-state index in [1.54, 1.807) is 0 Å². The van der Waals surface area contributed by atoms with Gasteiger partial charge in [-0.3, -0.25) is 14.5 Å². The molecule has 2 rings (SSSR count). The van der Waals surface area contributed by atoms with Crippen molar-refractivity contribution in [1.82, 2.24) is 15.5 Å². The second kappa shape index (κ2) is 6.86. The zero-order chi connectivity index (χ0) is 13.7. The summed E-state index contributed by atoms with van der Waals surface area (Å²) in [4.78, 5) is 25.3. The standard InChI is InChI=1S/C13H23N3O3/c1-2-16-5-6-19-11(9-16)8-15-13(18)10-3-4-12(17)14-7-10/h10-11H,2-9H2,1H3,(H,14,17)(H,15,18). The number of amides is 2. The fraction of sp³-hybridized carbons (Fsp3) is 0.846. The molecule has 0 aliphatic carbocycles. The van der Waals surface area contributed by atoms with Crippen LogP contribution in [0.15, 0.2) is 0 Å². The summed E-state index contributed by atoms with van der Waals surface area (Å²) in [5.41, 5.74) is 0. The quantitative estimate of drug-likeness (QED) is 0.711. The second-order valence-corrected chi connectivity index (χ2v) is 5.17. The third-order valence-electron chi connectivity index (χ3n) is 3.81. The molecule has 0 aromatic carbocycles. The predicted molar refractivity (Wildman–Crippen MR) is 70.6 cm³/mol. The lowest BCUT2D eigenvalue weighted by Crippen LogP contribution is -2.49. The van der Waals surface area contributed by atoms with Crippen molar-refractivity contribution in [1.29, 1.82) is 0 Å². The number of rotatable bonds is 4. The van der Waals surface area contributed by atoms with Gasteiger partial charge in [0.1, 0.15) is 0 Å². The van der Waals surface area contributed by atoms with Gasteiger partial charge in [0.05, 0.1) is 18.6 Å². The van der Waals surface area contributed by atoms with E-state index in [4.69, 9.17) is 4.74 Å². The van der Waals surface area contributed by atoms with Crippen molar-refractivity contribution in [3.8, 4) is 0 Å². The molecule has 2 unspecified atom stereocenters. The van der Waals surface area contributed by atoms with Crippen molar-refractivity contribution in [3.05, 3.63) is 0 Å². The van der Waals surface area contributed by atoms with Crippen LogP contribution in [0, 0.1) is 5.92 Å². The van der Waals surface area contributed by atoms with Crippen molar-refractivity contribution >= 4 is 11.8 Å². The molecule has 2 atom stereocenters. The summed E-state index contributed by atoms with van der Waals surface area (Å²) >= 11 is 0. The molecule has 0 spiro atoms. The van der Waals surface area contributed by atoms with Gasteiger partial charge in [-0.15, -0.1) is 0 Å². The SMILES string of the molecule is CCN1CCOC(CNC(=O)C2CCC(=O)NC2)C1. The first-order chi connectivity index (χ1) is 9.19. The molecule has 0 radical (unpaired) electrons. The molecular formula is C13H23N3O3. The summed E-state index contributed by atoms with van der Waals surface area (Å²) in [5.74, 6) is -0.0287. The highest BCUT2D eigenvalue weighted by molar-refractivity contribution is 5.83. The number of likely N-dealkylation sites (N-methyl/N-ethyl adjacent to an activating group) is 1. The van der Waals surface area contributed by atoms with Gasteiger partial charge in [0, 0.05) is 32.6 Å². The number of hydrogen-bond donors (Lipinski definition) is 2. The highest BCUT2D eigenvalue weighted by Gasteiger charge is 2.26. The molecule has 108 valence electrons. The molecule has 0 aromatic heterocycles. The fourth-order valence-corrected chi connectivity index (χ4v) is 2.51. The summed E-state index contributed by atoms with van der Waals surface area (Å²) in [7, 11) is 0. The summed E-state index contributed by atoms with van der Waals surface area (Å²) in [6, 6.07) is 0. The van der Waals surface area contributed by atoms with Gasteiger partial charge in [-0.25, -0.2) is 0 Å². The van der Waals surface area contributed by atoms with E-state index < -0.39 is 0 Å². The summed E-state index contributed by atoms with van der Waals surface area (Å²) in [5, 5.41) is 5.67. The Bertz CT molecular complexity index is 325. The molecule has 2 saturated heterocycles. The first-order valence-electron chi connectivity index (χ1n) is 7.07. The minimum absolute atomic E-state index is 0.0252. The Morgan fingerprint density at radius 3 is 3.11 bits per heavy atom. The van der Waals surface area contributed by atoms with Gasteiger partial charge >= 0.3 is 0 Å². The maximum absolute atomic E-state index is 12.0. The van der Waals surface area contributed by atoms with Crippen LogP contribution in [0.3, 0.4) is 0 Å². The molecule has 2 fully saturated rings. The van der Waals surface area contributed by atoms with Gasteiger partial charge in [0.15, 0.2) is 0 Å². The number of hydrogen-bond acceptors (Lipinski definition) is 4. The Hall–Kier alpha value is -1.14. The topological polar surface area (TPSA) is 70.7 Å². The van der Waals surface area contributed by atoms with E-state index in [9.17, 15) is 9.59 Å². The van der Waals surface area contributed by atoms with Gasteiger partial charge in [0.2, 0.25) is 11.8 Å². The first-order valence-corrected chi connectivity index (χ1v) is 7.07. The zero-order valence-electron chi connectivity index (χ0n) is 11.5. The molecule has 6 heteroatoms. The monoisotopic (exact) mass is 269 g/mol. The Morgan fingerprint density at radius 1 is 1.58 bits per heavy atom. The average Bonchev–Trinajstić information content (AvgIpc) is 2.46. The summed E-state index contributed by atoms with van der Waals surface area (Å²) in [6.45, 7) is 6.73. The molecular weight excluding hydrogens is 246 g/mol. The number of nitrogens with zero attached hydrogens (tertiary/aromatic N) is 1. The van der Waals surface area contributed by atoms with Crippen LogP contribution in [0.25, 0.3) is 0 Å². The molecule has 2 N–H and O–H groups in total. The molecule has 0 bridgehead atoms. The number of piperidine rings is 1. The van der Waals surface area contributed by atoms with Gasteiger partial charge in [-0.05, 0) is 13.0 Å². The highest BCUT2D eigenvalue weighted by Crippen LogP contribution is 2.11. The lowest BCUT2D eigenvalue weighted by molar-refractivity contribution is -0.129. The van der Waals surface area contributed by atoms with Crippen molar-refractivity contribution in [2.24, 2.45) is 5.92 Å². The van der Waals surface area contributed by atoms with Gasteiger partial charge in [-0.2, -0.15) is 0 Å². The van der Waals surface area contributed by atoms with E-state index in [0.29, 0.717) is 25.9 Å². The number of carbonyl (C=O) groups excluding carboxylic acids is 2. The lowest BCUT2D eigenvalue weighted by Gasteiger charge is -2.32. The Labute approximate surface area is 113 Å². The van der Waals surface area contributed by atoms with Crippen molar-refractivity contribution in [2.45, 2.75) is 25.9 Å². The smallest absolute Gasteiger partial charge is 0.224 e. The van der Waals surface area contributed by atoms with Crippen LogP contribution < -0.4 is 10.6 Å². The van der Waals surface area contributed by atoms with Crippen LogP contribution in [0.2, 0.25) is 0 Å². The van der Waals surface area contributed by atoms with Crippen molar-refractivity contribution in [2.75, 3.05) is 39.3 Å². The van der Waals surface area contributed by atoms with Gasteiger partial charge in [0.25, 0.3) is 0 Å². The van der Waals surface area contributed by atoms with Crippen molar-refractivity contribution in [3.63, 3.8) is 0 Å². The number of nitrogens with one attached hydrogen (secondary N) is 2. The minimum Gasteiger partial charge on any atom is -0.374 e. The van der Waals surface area contributed by atoms with Gasteiger partial charge < -0.3 is 15.4 Å². The van der Waals surface area contributed by atoms with E-state index >= 15 is 0 Å². The maximum Gasteiger partial charge on any atom is 0.224 e. The first kappa shape index (κ1) is 14.3. The number of morpholine rings is 1. The molecule has 19 heavy (non-hydrogen) atoms. The minimum atomic E-state index is -0.0939. The third-order valence-corrected chi connectivity index (χ3v) is 3.81. The van der Waals surface area contributed by atoms with E-state index in [0.717, 1.165) is 26.2 Å². The Morgan fingerprint density at radius 2 is 2.42 bits per heavy atom. The fourth-order valence-electron chi connectivity index (χ4n) is 2.51. The largest absolute Gasteiger partial charge is 0.374 e. The van der Waals surface area contributed by atoms with Crippen LogP contribution in [0.5, 0.6) is 0 Å². The van der Waals surface area contributed by atoms with Crippen LogP contribution in [-0.4, -0.2) is 62.1 Å². The van der Waals surface area contributed by atoms with Crippen LogP contribution in [0.1, 0.15) is 19.8 Å². The molecule has 2 aliphatic rings. The van der Waals surface area contributed by atoms with Gasteiger partial charge in [-0.1, -0.05) is 6.92 Å². The van der Waals surface area contributed by atoms with E-state index in [-0.39, 0.29) is 23.8 Å². The zero-order valence-corrected chi connectivity index (χ0v) is 11.5. The van der Waals surface area contributed by atoms with E-state index in [1.807, 2.05) is 0 Å². The molecule has 2 aliphatic heterocycles. The van der Waals surface area contributed by atoms with Crippen LogP contribution in [0.4, 0.5) is 0 Å². The average molecular weight is 269 g/mol. The van der Waals surface area contributed by atoms with E-state index in [1.165, 1.54) is 0 Å². The third kappa shape index (κ3) is 4.18. The number of ether oxygens (including phenoxy) is 1. The lowest BCUT2D eigenvalue weighted by atomic mass is 9.98. The molecule has 6 nitrogen and oxygen atoms in total. The number of carbonyl (C=O) groups is 2. The molecule has 0 saturated carbocycles. The molecule has 2 heterocycles. The van der Waals surface area contributed by atoms with Crippen LogP contribution in [-0.2, 0) is 14.3 Å². The maximum atomic E-state index is 12.0. The highest BCUT2D eigenvalue weighted by atomic mass is 16.5. The second-order valence-electron chi connectivity index (χ2n) is 5.17.